The summed E-state index contributed by atoms with van der Waals surface area (Å²) in [6.07, 6.45) is 0. The molecule has 0 saturated carbocycles. The van der Waals surface area contributed by atoms with Crippen LogP contribution in [-0.4, -0.2) is 13.5 Å². The number of nitrogens with zero attached hydrogens (tertiary/aromatic N) is 3. The van der Waals surface area contributed by atoms with E-state index in [-0.39, 0.29) is 0 Å². The number of rotatable bonds is 1. The molecule has 0 saturated heterocycles. The average molecular weight is 162 g/mol. The average Bonchev–Trinajstić information content (AvgIpc) is 1.90. The van der Waals surface area contributed by atoms with E-state index in [4.69, 9.17) is 0 Å². The maximum absolute atomic E-state index is 4.03. The summed E-state index contributed by atoms with van der Waals surface area (Å²) in [5, 5.41) is 0. The van der Waals surface area contributed by atoms with Gasteiger partial charge in [0, 0.05) is 5.82 Å². The van der Waals surface area contributed by atoms with Gasteiger partial charge >= 0.3 is 17.0 Å². The Morgan fingerprint density at radius 2 is 2.00 bits per heavy atom. The maximum atomic E-state index is 4.03. The molecule has 6 heteroatoms. The second kappa shape index (κ2) is 3.14. The van der Waals surface area contributed by atoms with Gasteiger partial charge in [0.15, 0.2) is 0 Å². The molecular formula is C2H3N3P3+. The first kappa shape index (κ1) is 6.16. The third-order valence-corrected chi connectivity index (χ3v) is 3.58. The zero-order valence-electron chi connectivity index (χ0n) is 3.97. The highest BCUT2D eigenvalue weighted by Crippen LogP contribution is 2.22. The molecule has 0 aromatic carbocycles. The van der Waals surface area contributed by atoms with E-state index < -0.39 is 7.85 Å². The first-order valence-electron chi connectivity index (χ1n) is 1.87. The molecule has 0 N–H and O–H groups in total. The Morgan fingerprint density at radius 1 is 1.38 bits per heavy atom. The first-order chi connectivity index (χ1) is 3.93. The van der Waals surface area contributed by atoms with Crippen LogP contribution in [0.25, 0.3) is 5.82 Å². The monoisotopic (exact) mass is 162 g/mol. The zero-order chi connectivity index (χ0) is 5.82. The summed E-state index contributed by atoms with van der Waals surface area (Å²) in [5.41, 5.74) is 0. The maximum Gasteiger partial charge on any atom is 0.346 e. The summed E-state index contributed by atoms with van der Waals surface area (Å²) in [4.78, 5) is 0. The van der Waals surface area contributed by atoms with E-state index in [1.54, 1.807) is 5.82 Å². The molecular weight excluding hydrogens is 159 g/mol. The second-order valence-electron chi connectivity index (χ2n) is 0.950. The van der Waals surface area contributed by atoms with E-state index in [1.165, 1.54) is 0 Å². The minimum absolute atomic E-state index is 0.574. The fourth-order valence-electron chi connectivity index (χ4n) is 0.227. The Morgan fingerprint density at radius 3 is 2.38 bits per heavy atom. The summed E-state index contributed by atoms with van der Waals surface area (Å²) in [7, 11) is 1.05. The van der Waals surface area contributed by atoms with E-state index in [1.807, 2.05) is 0 Å². The van der Waals surface area contributed by atoms with Gasteiger partial charge in [0.1, 0.15) is 0 Å². The Hall–Kier alpha value is 0.0400. The molecule has 0 radical (unpaired) electrons. The number of aromatic nitrogens is 3. The standard InChI is InChI=1S/C2H3N3P3/c1-2-8-4-6-3-7-5-8/h2H,1H2/q+1. The predicted molar refractivity (Wildman–Crippen MR) is 38.4 cm³/mol. The van der Waals surface area contributed by atoms with Crippen molar-refractivity contribution in [3.8, 4) is 0 Å². The van der Waals surface area contributed by atoms with Crippen molar-refractivity contribution in [3.63, 3.8) is 0 Å². The zero-order valence-corrected chi connectivity index (χ0v) is 6.65. The molecule has 0 fully saturated rings. The molecule has 0 spiro atoms. The minimum atomic E-state index is -0.574. The second-order valence-corrected chi connectivity index (χ2v) is 4.46. The fourth-order valence-corrected chi connectivity index (χ4v) is 3.00. The lowest BCUT2D eigenvalue weighted by Crippen LogP contribution is -1.56. The lowest BCUT2D eigenvalue weighted by atomic mass is 11.3. The molecule has 1 rings (SSSR count). The molecule has 0 aliphatic carbocycles. The number of hydrogen-bond acceptors (Lipinski definition) is 3. The van der Waals surface area contributed by atoms with Crippen LogP contribution in [0.1, 0.15) is 0 Å². The molecule has 8 heavy (non-hydrogen) atoms. The van der Waals surface area contributed by atoms with Crippen molar-refractivity contribution >= 4 is 30.7 Å². The van der Waals surface area contributed by atoms with Crippen molar-refractivity contribution in [1.29, 1.82) is 0 Å². The molecule has 40 valence electrons. The van der Waals surface area contributed by atoms with Gasteiger partial charge in [-0.15, -0.1) is 0 Å². The molecule has 0 amide bonds. The van der Waals surface area contributed by atoms with Crippen LogP contribution in [0.15, 0.2) is 6.58 Å². The highest BCUT2D eigenvalue weighted by atomic mass is 31.2. The van der Waals surface area contributed by atoms with Crippen LogP contribution in [0.2, 0.25) is 0 Å². The summed E-state index contributed by atoms with van der Waals surface area (Å²) >= 11 is 0. The van der Waals surface area contributed by atoms with Crippen molar-refractivity contribution in [1.82, 2.24) is 13.5 Å². The fraction of sp³-hybridized carbons (Fsp3) is 0. The Labute approximate surface area is 51.6 Å². The van der Waals surface area contributed by atoms with Crippen LogP contribution in [0, 0.1) is 0 Å². The van der Waals surface area contributed by atoms with Gasteiger partial charge in [-0.3, -0.25) is 0 Å². The minimum Gasteiger partial charge on any atom is -0.0794 e. The van der Waals surface area contributed by atoms with Crippen LogP contribution >= 0.6 is 24.9 Å². The van der Waals surface area contributed by atoms with Gasteiger partial charge in [-0.25, -0.2) is 0 Å². The van der Waals surface area contributed by atoms with Gasteiger partial charge < -0.3 is 0 Å². The third kappa shape index (κ3) is 1.52. The molecule has 1 aromatic rings. The van der Waals surface area contributed by atoms with Gasteiger partial charge in [-0.1, -0.05) is 6.58 Å². The van der Waals surface area contributed by atoms with Crippen molar-refractivity contribution in [2.24, 2.45) is 0 Å². The Bertz CT molecular complexity index is 175. The SMILES string of the molecule is C=C[p+]1npnpn1. The van der Waals surface area contributed by atoms with Crippen molar-refractivity contribution in [2.45, 2.75) is 0 Å². The van der Waals surface area contributed by atoms with Crippen LogP contribution in [0.4, 0.5) is 0 Å². The van der Waals surface area contributed by atoms with Crippen molar-refractivity contribution in [3.05, 3.63) is 6.58 Å². The summed E-state index contributed by atoms with van der Waals surface area (Å²) in [6, 6.07) is 0. The lowest BCUT2D eigenvalue weighted by molar-refractivity contribution is 1.68. The molecule has 0 unspecified atom stereocenters. The first-order valence-corrected chi connectivity index (χ1v) is 4.78. The van der Waals surface area contributed by atoms with Crippen LogP contribution in [-0.2, 0) is 0 Å². The van der Waals surface area contributed by atoms with Crippen LogP contribution < -0.4 is 0 Å². The van der Waals surface area contributed by atoms with E-state index in [9.17, 15) is 0 Å². The normalized spacial score (nSPS) is 12.8. The molecule has 1 heterocycles. The highest BCUT2D eigenvalue weighted by molar-refractivity contribution is 7.59. The van der Waals surface area contributed by atoms with Crippen molar-refractivity contribution < 1.29 is 0 Å². The molecule has 0 aliphatic heterocycles. The number of hydrogen-bond donors (Lipinski definition) is 0. The summed E-state index contributed by atoms with van der Waals surface area (Å²) in [6.45, 7) is 3.58. The molecule has 0 bridgehead atoms. The van der Waals surface area contributed by atoms with Gasteiger partial charge in [0.05, 0.1) is 0 Å². The summed E-state index contributed by atoms with van der Waals surface area (Å²) in [5.74, 6) is 1.77. The molecule has 1 aromatic heterocycles. The van der Waals surface area contributed by atoms with Crippen LogP contribution in [0.5, 0.6) is 0 Å². The predicted octanol–water partition coefficient (Wildman–Crippen LogP) is 2.40. The molecule has 0 atom stereocenters. The lowest BCUT2D eigenvalue weighted by Gasteiger charge is -1.68. The largest absolute Gasteiger partial charge is 0.346 e. The topological polar surface area (TPSA) is 38.7 Å². The van der Waals surface area contributed by atoms with E-state index in [0.29, 0.717) is 0 Å². The van der Waals surface area contributed by atoms with E-state index in [2.05, 4.69) is 20.1 Å². The Balaban J connectivity index is 2.99. The van der Waals surface area contributed by atoms with Gasteiger partial charge in [0.25, 0.3) is 0 Å². The van der Waals surface area contributed by atoms with Gasteiger partial charge in [0.2, 0.25) is 7.85 Å². The van der Waals surface area contributed by atoms with Gasteiger partial charge in [-0.05, 0) is 13.5 Å². The smallest absolute Gasteiger partial charge is 0.0794 e. The Kier molecular flexibility index (Phi) is 2.42. The van der Waals surface area contributed by atoms with Gasteiger partial charge in [-0.2, -0.15) is 0 Å². The third-order valence-electron chi connectivity index (χ3n) is 0.507. The molecule has 0 aliphatic rings. The van der Waals surface area contributed by atoms with E-state index >= 15 is 0 Å². The quantitative estimate of drug-likeness (QED) is 0.636. The van der Waals surface area contributed by atoms with Crippen LogP contribution in [0.3, 0.4) is 0 Å². The van der Waals surface area contributed by atoms with E-state index in [0.717, 1.165) is 17.0 Å². The van der Waals surface area contributed by atoms with Crippen molar-refractivity contribution in [2.75, 3.05) is 0 Å². The summed E-state index contributed by atoms with van der Waals surface area (Å²) < 4.78 is 11.9. The molecule has 3 nitrogen and oxygen atoms in total. The highest BCUT2D eigenvalue weighted by Gasteiger charge is 1.93.